The molecule has 1 heterocycles. The first-order chi connectivity index (χ1) is 9.70. The van der Waals surface area contributed by atoms with E-state index < -0.39 is 6.04 Å². The Kier molecular flexibility index (Phi) is 5.32. The molecular formula is C16H19NO2S. The molecule has 0 saturated heterocycles. The van der Waals surface area contributed by atoms with Crippen LogP contribution < -0.4 is 5.32 Å². The number of ether oxygens (including phenoxy) is 1. The van der Waals surface area contributed by atoms with Crippen LogP contribution >= 0.6 is 11.3 Å². The van der Waals surface area contributed by atoms with Crippen molar-refractivity contribution in [2.24, 2.45) is 0 Å². The van der Waals surface area contributed by atoms with Gasteiger partial charge in [-0.3, -0.25) is 5.32 Å². The minimum atomic E-state index is -0.419. The molecule has 0 aliphatic heterocycles. The Labute approximate surface area is 123 Å². The second-order valence-corrected chi connectivity index (χ2v) is 5.59. The van der Waals surface area contributed by atoms with Gasteiger partial charge in [0, 0.05) is 11.4 Å². The molecule has 0 aliphatic rings. The molecule has 1 aromatic heterocycles. The average molecular weight is 289 g/mol. The van der Waals surface area contributed by atoms with E-state index in [0.29, 0.717) is 13.2 Å². The molecule has 0 spiro atoms. The van der Waals surface area contributed by atoms with Crippen LogP contribution in [0, 0.1) is 6.92 Å². The van der Waals surface area contributed by atoms with Crippen molar-refractivity contribution in [3.05, 3.63) is 57.8 Å². The quantitative estimate of drug-likeness (QED) is 0.828. The van der Waals surface area contributed by atoms with E-state index in [1.54, 1.807) is 11.3 Å². The molecule has 0 aliphatic carbocycles. The lowest BCUT2D eigenvalue weighted by molar-refractivity contribution is -0.145. The Morgan fingerprint density at radius 2 is 2.20 bits per heavy atom. The third-order valence-corrected chi connectivity index (χ3v) is 3.83. The molecule has 0 fully saturated rings. The number of benzene rings is 1. The summed E-state index contributed by atoms with van der Waals surface area (Å²) >= 11 is 1.67. The maximum Gasteiger partial charge on any atom is 0.327 e. The molecule has 2 rings (SSSR count). The SMILES string of the molecule is CCOC(=O)C(NCc1cccs1)c1cccc(C)c1. The first-order valence-corrected chi connectivity index (χ1v) is 7.57. The van der Waals surface area contributed by atoms with Crippen LogP contribution in [0.5, 0.6) is 0 Å². The van der Waals surface area contributed by atoms with Gasteiger partial charge < -0.3 is 4.74 Å². The molecule has 0 bridgehead atoms. The Hall–Kier alpha value is -1.65. The average Bonchev–Trinajstić information content (AvgIpc) is 2.92. The van der Waals surface area contributed by atoms with Crippen molar-refractivity contribution in [3.8, 4) is 0 Å². The summed E-state index contributed by atoms with van der Waals surface area (Å²) in [5.74, 6) is -0.227. The third-order valence-electron chi connectivity index (χ3n) is 2.96. The minimum Gasteiger partial charge on any atom is -0.465 e. The van der Waals surface area contributed by atoms with Crippen molar-refractivity contribution in [1.29, 1.82) is 0 Å². The summed E-state index contributed by atoms with van der Waals surface area (Å²) in [6, 6.07) is 11.6. The summed E-state index contributed by atoms with van der Waals surface area (Å²) in [7, 11) is 0. The number of hydrogen-bond donors (Lipinski definition) is 1. The van der Waals surface area contributed by atoms with Gasteiger partial charge >= 0.3 is 5.97 Å². The fourth-order valence-electron chi connectivity index (χ4n) is 2.03. The third kappa shape index (κ3) is 3.92. The Morgan fingerprint density at radius 1 is 1.35 bits per heavy atom. The number of hydrogen-bond acceptors (Lipinski definition) is 4. The number of nitrogens with one attached hydrogen (secondary N) is 1. The van der Waals surface area contributed by atoms with Crippen LogP contribution in [-0.4, -0.2) is 12.6 Å². The van der Waals surface area contributed by atoms with Gasteiger partial charge in [0.25, 0.3) is 0 Å². The fourth-order valence-corrected chi connectivity index (χ4v) is 2.68. The Balaban J connectivity index is 2.13. The first kappa shape index (κ1) is 14.8. The zero-order chi connectivity index (χ0) is 14.4. The van der Waals surface area contributed by atoms with E-state index in [4.69, 9.17) is 4.74 Å². The van der Waals surface area contributed by atoms with Gasteiger partial charge in [0.05, 0.1) is 6.61 Å². The largest absolute Gasteiger partial charge is 0.465 e. The number of rotatable bonds is 6. The summed E-state index contributed by atoms with van der Waals surface area (Å²) in [4.78, 5) is 13.3. The second kappa shape index (κ2) is 7.22. The van der Waals surface area contributed by atoms with Crippen molar-refractivity contribution in [2.75, 3.05) is 6.61 Å². The maximum absolute atomic E-state index is 12.1. The monoisotopic (exact) mass is 289 g/mol. The van der Waals surface area contributed by atoms with E-state index in [1.807, 2.05) is 49.6 Å². The second-order valence-electron chi connectivity index (χ2n) is 4.56. The van der Waals surface area contributed by atoms with Crippen LogP contribution in [0.15, 0.2) is 41.8 Å². The van der Waals surface area contributed by atoms with Gasteiger partial charge in [0.2, 0.25) is 0 Å². The number of carbonyl (C=O) groups is 1. The molecule has 4 heteroatoms. The van der Waals surface area contributed by atoms with Gasteiger partial charge in [-0.05, 0) is 30.9 Å². The van der Waals surface area contributed by atoms with E-state index in [0.717, 1.165) is 11.1 Å². The highest BCUT2D eigenvalue weighted by Gasteiger charge is 2.21. The lowest BCUT2D eigenvalue weighted by atomic mass is 10.0. The zero-order valence-corrected chi connectivity index (χ0v) is 12.6. The summed E-state index contributed by atoms with van der Waals surface area (Å²) in [5.41, 5.74) is 2.08. The van der Waals surface area contributed by atoms with E-state index >= 15 is 0 Å². The number of aryl methyl sites for hydroxylation is 1. The van der Waals surface area contributed by atoms with Crippen molar-refractivity contribution in [3.63, 3.8) is 0 Å². The molecule has 1 N–H and O–H groups in total. The fraction of sp³-hybridized carbons (Fsp3) is 0.312. The molecular weight excluding hydrogens is 270 g/mol. The van der Waals surface area contributed by atoms with Crippen LogP contribution in [0.3, 0.4) is 0 Å². The smallest absolute Gasteiger partial charge is 0.327 e. The maximum atomic E-state index is 12.1. The lowest BCUT2D eigenvalue weighted by Gasteiger charge is -2.17. The summed E-state index contributed by atoms with van der Waals surface area (Å²) in [6.07, 6.45) is 0. The summed E-state index contributed by atoms with van der Waals surface area (Å²) in [5, 5.41) is 5.32. The first-order valence-electron chi connectivity index (χ1n) is 6.69. The van der Waals surface area contributed by atoms with Gasteiger partial charge in [0.1, 0.15) is 6.04 Å². The van der Waals surface area contributed by atoms with Crippen LogP contribution in [0.4, 0.5) is 0 Å². The Bertz CT molecular complexity index is 551. The van der Waals surface area contributed by atoms with Gasteiger partial charge in [0.15, 0.2) is 0 Å². The number of esters is 1. The van der Waals surface area contributed by atoms with E-state index in [-0.39, 0.29) is 5.97 Å². The van der Waals surface area contributed by atoms with Crippen molar-refractivity contribution in [2.45, 2.75) is 26.4 Å². The van der Waals surface area contributed by atoms with Crippen molar-refractivity contribution >= 4 is 17.3 Å². The molecule has 1 unspecified atom stereocenters. The highest BCUT2D eigenvalue weighted by molar-refractivity contribution is 7.09. The predicted octanol–water partition coefficient (Wildman–Crippen LogP) is 3.45. The summed E-state index contributed by atoms with van der Waals surface area (Å²) in [6.45, 7) is 4.90. The van der Waals surface area contributed by atoms with Gasteiger partial charge in [-0.25, -0.2) is 4.79 Å². The predicted molar refractivity (Wildman–Crippen MR) is 81.7 cm³/mol. The molecule has 0 radical (unpaired) electrons. The highest BCUT2D eigenvalue weighted by atomic mass is 32.1. The molecule has 0 amide bonds. The number of thiophene rings is 1. The van der Waals surface area contributed by atoms with Crippen LogP contribution in [0.1, 0.15) is 29.0 Å². The minimum absolute atomic E-state index is 0.227. The topological polar surface area (TPSA) is 38.3 Å². The van der Waals surface area contributed by atoms with Gasteiger partial charge in [-0.15, -0.1) is 11.3 Å². The van der Waals surface area contributed by atoms with E-state index in [2.05, 4.69) is 11.4 Å². The molecule has 2 aromatic rings. The normalized spacial score (nSPS) is 12.1. The summed E-state index contributed by atoms with van der Waals surface area (Å²) < 4.78 is 5.17. The highest BCUT2D eigenvalue weighted by Crippen LogP contribution is 2.18. The molecule has 3 nitrogen and oxygen atoms in total. The standard InChI is InChI=1S/C16H19NO2S/c1-3-19-16(18)15(13-7-4-6-12(2)10-13)17-11-14-8-5-9-20-14/h4-10,15,17H,3,11H2,1-2H3. The molecule has 20 heavy (non-hydrogen) atoms. The van der Waals surface area contributed by atoms with Crippen LogP contribution in [0.2, 0.25) is 0 Å². The molecule has 106 valence electrons. The van der Waals surface area contributed by atoms with E-state index in [9.17, 15) is 4.79 Å². The molecule has 1 aromatic carbocycles. The van der Waals surface area contributed by atoms with Gasteiger partial charge in [-0.1, -0.05) is 35.9 Å². The van der Waals surface area contributed by atoms with Gasteiger partial charge in [-0.2, -0.15) is 0 Å². The molecule has 1 atom stereocenters. The van der Waals surface area contributed by atoms with Crippen LogP contribution in [0.25, 0.3) is 0 Å². The number of carbonyl (C=O) groups excluding carboxylic acids is 1. The molecule has 0 saturated carbocycles. The van der Waals surface area contributed by atoms with Crippen molar-refractivity contribution < 1.29 is 9.53 Å². The Morgan fingerprint density at radius 3 is 2.85 bits per heavy atom. The van der Waals surface area contributed by atoms with E-state index in [1.165, 1.54) is 4.88 Å². The zero-order valence-electron chi connectivity index (χ0n) is 11.8. The van der Waals surface area contributed by atoms with Crippen LogP contribution in [-0.2, 0) is 16.1 Å². The lowest BCUT2D eigenvalue weighted by Crippen LogP contribution is -2.29. The van der Waals surface area contributed by atoms with Crippen molar-refractivity contribution in [1.82, 2.24) is 5.32 Å².